The number of nitrogens with zero attached hydrogens (tertiary/aromatic N) is 1. The van der Waals surface area contributed by atoms with E-state index in [1.54, 1.807) is 7.11 Å². The van der Waals surface area contributed by atoms with Crippen LogP contribution in [0.5, 0.6) is 5.75 Å². The summed E-state index contributed by atoms with van der Waals surface area (Å²) in [6.45, 7) is 3.45. The number of hydrogen-bond donors (Lipinski definition) is 0. The van der Waals surface area contributed by atoms with E-state index in [0.29, 0.717) is 39.0 Å². The molecule has 1 aromatic rings. The van der Waals surface area contributed by atoms with Gasteiger partial charge >= 0.3 is 5.97 Å². The first-order chi connectivity index (χ1) is 13.6. The molecule has 3 rings (SSSR count). The number of rotatable bonds is 6. The summed E-state index contributed by atoms with van der Waals surface area (Å²) in [6, 6.07) is 7.85. The van der Waals surface area contributed by atoms with E-state index in [9.17, 15) is 9.59 Å². The van der Waals surface area contributed by atoms with Crippen molar-refractivity contribution >= 4 is 11.9 Å². The highest BCUT2D eigenvalue weighted by atomic mass is 16.5. The molecule has 1 saturated heterocycles. The number of hydrogen-bond acceptors (Lipinski definition) is 4. The molecule has 28 heavy (non-hydrogen) atoms. The molecule has 1 aliphatic carbocycles. The first-order valence-electron chi connectivity index (χ1n) is 10.3. The molecule has 0 saturated carbocycles. The van der Waals surface area contributed by atoms with Crippen molar-refractivity contribution in [2.24, 2.45) is 11.3 Å². The summed E-state index contributed by atoms with van der Waals surface area (Å²) in [7, 11) is 1.64. The van der Waals surface area contributed by atoms with E-state index in [-0.39, 0.29) is 17.8 Å². The van der Waals surface area contributed by atoms with Gasteiger partial charge in [-0.15, -0.1) is 0 Å². The average molecular weight is 386 g/mol. The second-order valence-electron chi connectivity index (χ2n) is 7.83. The highest BCUT2D eigenvalue weighted by molar-refractivity contribution is 5.81. The Balaban J connectivity index is 1.70. The molecule has 152 valence electrons. The second kappa shape index (κ2) is 9.26. The van der Waals surface area contributed by atoms with E-state index in [1.807, 2.05) is 36.1 Å². The lowest BCUT2D eigenvalue weighted by atomic mass is 9.73. The molecule has 5 nitrogen and oxygen atoms in total. The van der Waals surface area contributed by atoms with Crippen LogP contribution in [-0.2, 0) is 20.7 Å². The molecule has 0 aromatic heterocycles. The third-order valence-electron chi connectivity index (χ3n) is 6.06. The molecular weight excluding hydrogens is 354 g/mol. The van der Waals surface area contributed by atoms with E-state index in [0.717, 1.165) is 30.6 Å². The number of likely N-dealkylation sites (tertiary alicyclic amines) is 1. The predicted molar refractivity (Wildman–Crippen MR) is 108 cm³/mol. The minimum atomic E-state index is -0.562. The molecule has 1 atom stereocenters. The zero-order chi connectivity index (χ0) is 20.0. The van der Waals surface area contributed by atoms with Crippen LogP contribution in [0.25, 0.3) is 0 Å². The Labute approximate surface area is 167 Å². The number of carbonyl (C=O) groups excluding carboxylic acids is 2. The van der Waals surface area contributed by atoms with Gasteiger partial charge in [0.2, 0.25) is 5.91 Å². The van der Waals surface area contributed by atoms with Crippen LogP contribution in [0.15, 0.2) is 36.4 Å². The molecule has 1 fully saturated rings. The Bertz CT molecular complexity index is 702. The van der Waals surface area contributed by atoms with Gasteiger partial charge in [-0.05, 0) is 63.1 Å². The fourth-order valence-electron chi connectivity index (χ4n) is 4.30. The fraction of sp³-hybridized carbons (Fsp3) is 0.565. The van der Waals surface area contributed by atoms with Crippen molar-refractivity contribution in [2.45, 2.75) is 45.4 Å². The summed E-state index contributed by atoms with van der Waals surface area (Å²) in [6.07, 6.45) is 8.94. The number of ether oxygens (including phenoxy) is 2. The average Bonchev–Trinajstić information content (AvgIpc) is 2.75. The standard InChI is InChI=1S/C23H31NO4/c1-3-28-22(26)23(17-18-9-11-20(27-2)12-10-18)13-15-24(16-14-23)21(25)19-7-5-4-6-8-19/h4-5,9-12,19H,3,6-8,13-17H2,1-2H3. The Kier molecular flexibility index (Phi) is 6.76. The molecule has 1 unspecified atom stereocenters. The van der Waals surface area contributed by atoms with Gasteiger partial charge in [-0.25, -0.2) is 0 Å². The van der Waals surface area contributed by atoms with Crippen molar-refractivity contribution < 1.29 is 19.1 Å². The van der Waals surface area contributed by atoms with Crippen LogP contribution >= 0.6 is 0 Å². The quantitative estimate of drug-likeness (QED) is 0.553. The number of carbonyl (C=O) groups is 2. The zero-order valence-electron chi connectivity index (χ0n) is 17.0. The van der Waals surface area contributed by atoms with Crippen molar-refractivity contribution in [1.29, 1.82) is 0 Å². The Morgan fingerprint density at radius 2 is 1.86 bits per heavy atom. The minimum Gasteiger partial charge on any atom is -0.497 e. The molecule has 0 bridgehead atoms. The highest BCUT2D eigenvalue weighted by Gasteiger charge is 2.44. The van der Waals surface area contributed by atoms with Crippen LogP contribution in [-0.4, -0.2) is 43.6 Å². The van der Waals surface area contributed by atoms with Crippen LogP contribution in [0.2, 0.25) is 0 Å². The van der Waals surface area contributed by atoms with Gasteiger partial charge in [-0.2, -0.15) is 0 Å². The maximum absolute atomic E-state index is 12.9. The van der Waals surface area contributed by atoms with Crippen molar-refractivity contribution in [3.05, 3.63) is 42.0 Å². The molecule has 1 aliphatic heterocycles. The summed E-state index contributed by atoms with van der Waals surface area (Å²) in [5.41, 5.74) is 0.527. The molecule has 5 heteroatoms. The molecule has 1 aromatic carbocycles. The lowest BCUT2D eigenvalue weighted by Gasteiger charge is -2.41. The van der Waals surface area contributed by atoms with Crippen LogP contribution in [0, 0.1) is 11.3 Å². The molecule has 2 aliphatic rings. The summed E-state index contributed by atoms with van der Waals surface area (Å²) in [5.74, 6) is 1.00. The number of esters is 1. The molecule has 0 N–H and O–H groups in total. The van der Waals surface area contributed by atoms with Crippen molar-refractivity contribution in [2.75, 3.05) is 26.8 Å². The largest absolute Gasteiger partial charge is 0.497 e. The number of allylic oxidation sites excluding steroid dienone is 2. The van der Waals surface area contributed by atoms with Gasteiger partial charge in [0, 0.05) is 19.0 Å². The predicted octanol–water partition coefficient (Wildman–Crippen LogP) is 3.77. The Morgan fingerprint density at radius 1 is 1.14 bits per heavy atom. The lowest BCUT2D eigenvalue weighted by Crippen LogP contribution is -2.49. The number of benzene rings is 1. The summed E-state index contributed by atoms with van der Waals surface area (Å²) in [4.78, 5) is 27.7. The third-order valence-corrected chi connectivity index (χ3v) is 6.06. The van der Waals surface area contributed by atoms with E-state index >= 15 is 0 Å². The molecular formula is C23H31NO4. The molecule has 1 heterocycles. The molecule has 0 radical (unpaired) electrons. The van der Waals surface area contributed by atoms with E-state index in [2.05, 4.69) is 12.2 Å². The third kappa shape index (κ3) is 4.57. The number of piperidine rings is 1. The monoisotopic (exact) mass is 385 g/mol. The van der Waals surface area contributed by atoms with Crippen LogP contribution in [0.4, 0.5) is 0 Å². The van der Waals surface area contributed by atoms with Crippen molar-refractivity contribution in [3.8, 4) is 5.75 Å². The van der Waals surface area contributed by atoms with E-state index in [1.165, 1.54) is 0 Å². The lowest BCUT2D eigenvalue weighted by molar-refractivity contribution is -0.160. The normalized spacial score (nSPS) is 21.2. The van der Waals surface area contributed by atoms with Crippen LogP contribution in [0.1, 0.15) is 44.6 Å². The van der Waals surface area contributed by atoms with E-state index < -0.39 is 5.41 Å². The van der Waals surface area contributed by atoms with Gasteiger partial charge in [0.15, 0.2) is 0 Å². The van der Waals surface area contributed by atoms with Gasteiger partial charge in [0.05, 0.1) is 19.1 Å². The van der Waals surface area contributed by atoms with Gasteiger partial charge in [-0.1, -0.05) is 24.3 Å². The van der Waals surface area contributed by atoms with E-state index in [4.69, 9.17) is 9.47 Å². The van der Waals surface area contributed by atoms with Crippen molar-refractivity contribution in [3.63, 3.8) is 0 Å². The van der Waals surface area contributed by atoms with Gasteiger partial charge in [0.25, 0.3) is 0 Å². The van der Waals surface area contributed by atoms with Crippen LogP contribution < -0.4 is 4.74 Å². The SMILES string of the molecule is CCOC(=O)C1(Cc2ccc(OC)cc2)CCN(C(=O)C2CC=CCC2)CC1. The minimum absolute atomic E-state index is 0.0988. The Hall–Kier alpha value is -2.30. The van der Waals surface area contributed by atoms with Gasteiger partial charge < -0.3 is 14.4 Å². The zero-order valence-corrected chi connectivity index (χ0v) is 17.0. The second-order valence-corrected chi connectivity index (χ2v) is 7.83. The molecule has 0 spiro atoms. The first kappa shape index (κ1) is 20.4. The molecule has 1 amide bonds. The smallest absolute Gasteiger partial charge is 0.312 e. The maximum Gasteiger partial charge on any atom is 0.312 e. The summed E-state index contributed by atoms with van der Waals surface area (Å²) >= 11 is 0. The number of amides is 1. The topological polar surface area (TPSA) is 55.8 Å². The number of methoxy groups -OCH3 is 1. The maximum atomic E-state index is 12.9. The van der Waals surface area contributed by atoms with Gasteiger partial charge in [-0.3, -0.25) is 9.59 Å². The van der Waals surface area contributed by atoms with Crippen molar-refractivity contribution in [1.82, 2.24) is 4.90 Å². The van der Waals surface area contributed by atoms with Gasteiger partial charge in [0.1, 0.15) is 5.75 Å². The summed E-state index contributed by atoms with van der Waals surface area (Å²) in [5, 5.41) is 0. The highest BCUT2D eigenvalue weighted by Crippen LogP contribution is 2.38. The Morgan fingerprint density at radius 3 is 2.43 bits per heavy atom. The van der Waals surface area contributed by atoms with Crippen LogP contribution in [0.3, 0.4) is 0 Å². The fourth-order valence-corrected chi connectivity index (χ4v) is 4.30. The summed E-state index contributed by atoms with van der Waals surface area (Å²) < 4.78 is 10.7. The first-order valence-corrected chi connectivity index (χ1v) is 10.3.